The Labute approximate surface area is 220 Å². The van der Waals surface area contributed by atoms with E-state index in [-0.39, 0.29) is 49.8 Å². The van der Waals surface area contributed by atoms with E-state index in [4.69, 9.17) is 28.2 Å². The van der Waals surface area contributed by atoms with Gasteiger partial charge in [0, 0.05) is 39.9 Å². The Morgan fingerprint density at radius 1 is 0.784 bits per heavy atom. The van der Waals surface area contributed by atoms with Crippen LogP contribution >= 0.6 is 23.2 Å². The molecule has 184 valence electrons. The molecule has 0 spiro atoms. The summed E-state index contributed by atoms with van der Waals surface area (Å²) in [5.74, 6) is 0.0867. The molecule has 0 bridgehead atoms. The van der Waals surface area contributed by atoms with Gasteiger partial charge in [0.1, 0.15) is 11.5 Å². The molecule has 0 aromatic heterocycles. The van der Waals surface area contributed by atoms with E-state index in [9.17, 15) is 25.3 Å². The topological polar surface area (TPSA) is 122 Å². The minimum absolute atomic E-state index is 0.0174. The van der Waals surface area contributed by atoms with Crippen molar-refractivity contribution in [3.63, 3.8) is 0 Å². The van der Waals surface area contributed by atoms with E-state index in [1.54, 1.807) is 54.6 Å². The average Bonchev–Trinajstić information content (AvgIpc) is 2.89. The number of halogens is 2. The summed E-state index contributed by atoms with van der Waals surface area (Å²) in [5, 5.41) is 36.9. The molecule has 1 N–H and O–H groups in total. The van der Waals surface area contributed by atoms with E-state index in [2.05, 4.69) is 0 Å². The highest BCUT2D eigenvalue weighted by Crippen LogP contribution is 2.50. The number of nitro groups is 2. The van der Waals surface area contributed by atoms with Crippen LogP contribution in [0, 0.1) is 20.2 Å². The Morgan fingerprint density at radius 3 is 2.11 bits per heavy atom. The molecule has 9 nitrogen and oxygen atoms in total. The van der Waals surface area contributed by atoms with Gasteiger partial charge in [-0.1, -0.05) is 65.7 Å². The molecule has 0 fully saturated rings. The van der Waals surface area contributed by atoms with Gasteiger partial charge in [-0.3, -0.25) is 25.1 Å². The maximum Gasteiger partial charge on any atom is 0.293 e. The summed E-state index contributed by atoms with van der Waals surface area (Å²) in [4.78, 5) is 28.5. The fourth-order valence-electron chi connectivity index (χ4n) is 4.38. The van der Waals surface area contributed by atoms with Gasteiger partial charge in [0.2, 0.25) is 5.72 Å². The van der Waals surface area contributed by atoms with Gasteiger partial charge in [0.05, 0.1) is 20.6 Å². The third-order valence-electron chi connectivity index (χ3n) is 6.01. The predicted molar refractivity (Wildman–Crippen MR) is 141 cm³/mol. The predicted octanol–water partition coefficient (Wildman–Crippen LogP) is 6.60. The van der Waals surface area contributed by atoms with Gasteiger partial charge in [-0.05, 0) is 30.3 Å². The van der Waals surface area contributed by atoms with Crippen LogP contribution in [0.15, 0.2) is 96.0 Å². The summed E-state index contributed by atoms with van der Waals surface area (Å²) in [7, 11) is 0. The van der Waals surface area contributed by atoms with Crippen LogP contribution in [0.2, 0.25) is 10.0 Å². The number of hydrogen-bond donors (Lipinski definition) is 1. The minimum atomic E-state index is -2.26. The lowest BCUT2D eigenvalue weighted by Crippen LogP contribution is -2.53. The molecule has 37 heavy (non-hydrogen) atoms. The second-order valence-corrected chi connectivity index (χ2v) is 8.92. The summed E-state index contributed by atoms with van der Waals surface area (Å²) in [6, 6.07) is 22.7. The standard InChI is InChI=1S/C26H16Cl2N4O5/c27-20-9-3-1-7-17(20)25-29-22-14-13-16(31(34)35)15-19(22)26(33,18-8-2-4-10-21(18)28)30(25)23-11-5-6-12-24(23)32(36)37/h1-15,33H. The number of aliphatic hydroxyl groups is 1. The number of benzene rings is 4. The normalized spacial score (nSPS) is 16.6. The summed E-state index contributed by atoms with van der Waals surface area (Å²) in [6.07, 6.45) is 0. The highest BCUT2D eigenvalue weighted by Gasteiger charge is 2.49. The Kier molecular flexibility index (Phi) is 6.12. The molecular formula is C26H16Cl2N4O5. The lowest BCUT2D eigenvalue weighted by molar-refractivity contribution is -0.385. The number of rotatable bonds is 5. The van der Waals surface area contributed by atoms with Gasteiger partial charge in [0.15, 0.2) is 0 Å². The first-order valence-corrected chi connectivity index (χ1v) is 11.6. The summed E-state index contributed by atoms with van der Waals surface area (Å²) in [5.41, 5.74) is -2.19. The third-order valence-corrected chi connectivity index (χ3v) is 6.67. The summed E-state index contributed by atoms with van der Waals surface area (Å²) >= 11 is 13.1. The Hall–Kier alpha value is -4.31. The number of nitrogens with zero attached hydrogens (tertiary/aromatic N) is 4. The molecule has 0 amide bonds. The van der Waals surface area contributed by atoms with E-state index in [0.29, 0.717) is 5.56 Å². The second-order valence-electron chi connectivity index (χ2n) is 8.11. The van der Waals surface area contributed by atoms with E-state index in [1.165, 1.54) is 41.3 Å². The number of hydrogen-bond acceptors (Lipinski definition) is 7. The van der Waals surface area contributed by atoms with Crippen molar-refractivity contribution in [2.75, 3.05) is 4.90 Å². The maximum atomic E-state index is 12.7. The molecule has 0 saturated carbocycles. The van der Waals surface area contributed by atoms with Gasteiger partial charge in [-0.2, -0.15) is 0 Å². The molecular weight excluding hydrogens is 519 g/mol. The van der Waals surface area contributed by atoms with Crippen LogP contribution < -0.4 is 4.90 Å². The summed E-state index contributed by atoms with van der Waals surface area (Å²) in [6.45, 7) is 0. The molecule has 4 aromatic carbocycles. The first-order valence-electron chi connectivity index (χ1n) is 10.9. The molecule has 5 rings (SSSR count). The molecule has 1 aliphatic rings. The van der Waals surface area contributed by atoms with Crippen LogP contribution in [0.3, 0.4) is 0 Å². The minimum Gasteiger partial charge on any atom is -0.363 e. The Balaban J connectivity index is 1.96. The first-order chi connectivity index (χ1) is 17.7. The quantitative estimate of drug-likeness (QED) is 0.227. The first kappa shape index (κ1) is 24.4. The molecule has 0 radical (unpaired) electrons. The van der Waals surface area contributed by atoms with Crippen molar-refractivity contribution in [3.05, 3.63) is 138 Å². The molecule has 1 unspecified atom stereocenters. The number of aliphatic imine (C=N–C) groups is 1. The van der Waals surface area contributed by atoms with Crippen molar-refractivity contribution in [1.29, 1.82) is 0 Å². The zero-order valence-electron chi connectivity index (χ0n) is 18.8. The molecule has 1 atom stereocenters. The molecule has 0 saturated heterocycles. The zero-order valence-corrected chi connectivity index (χ0v) is 20.3. The molecule has 4 aromatic rings. The van der Waals surface area contributed by atoms with E-state index in [1.807, 2.05) is 0 Å². The Bertz CT molecular complexity index is 1610. The van der Waals surface area contributed by atoms with Crippen molar-refractivity contribution >= 4 is 51.8 Å². The lowest BCUT2D eigenvalue weighted by Gasteiger charge is -2.45. The fourth-order valence-corrected chi connectivity index (χ4v) is 4.87. The van der Waals surface area contributed by atoms with Gasteiger partial charge in [0.25, 0.3) is 11.4 Å². The highest BCUT2D eigenvalue weighted by atomic mass is 35.5. The summed E-state index contributed by atoms with van der Waals surface area (Å²) < 4.78 is 0. The smallest absolute Gasteiger partial charge is 0.293 e. The number of fused-ring (bicyclic) bond motifs is 1. The van der Waals surface area contributed by atoms with Crippen LogP contribution in [0.4, 0.5) is 22.7 Å². The Morgan fingerprint density at radius 2 is 1.43 bits per heavy atom. The lowest BCUT2D eigenvalue weighted by atomic mass is 9.87. The third kappa shape index (κ3) is 3.99. The van der Waals surface area contributed by atoms with Crippen molar-refractivity contribution in [2.45, 2.75) is 5.72 Å². The fraction of sp³-hybridized carbons (Fsp3) is 0.0385. The van der Waals surface area contributed by atoms with E-state index >= 15 is 0 Å². The van der Waals surface area contributed by atoms with Crippen LogP contribution in [0.25, 0.3) is 0 Å². The van der Waals surface area contributed by atoms with E-state index < -0.39 is 15.6 Å². The molecule has 1 heterocycles. The van der Waals surface area contributed by atoms with Gasteiger partial charge >= 0.3 is 0 Å². The largest absolute Gasteiger partial charge is 0.363 e. The van der Waals surface area contributed by atoms with Gasteiger partial charge in [-0.25, -0.2) is 4.99 Å². The average molecular weight is 535 g/mol. The van der Waals surface area contributed by atoms with Crippen molar-refractivity contribution in [2.24, 2.45) is 4.99 Å². The number of non-ortho nitro benzene ring substituents is 1. The van der Waals surface area contributed by atoms with Crippen molar-refractivity contribution < 1.29 is 15.0 Å². The van der Waals surface area contributed by atoms with Crippen molar-refractivity contribution in [1.82, 2.24) is 0 Å². The SMILES string of the molecule is O=[N+]([O-])c1ccc2c(c1)C(O)(c1ccccc1Cl)N(c1ccccc1[N+](=O)[O-])C(c1ccccc1Cl)=N2. The van der Waals surface area contributed by atoms with E-state index in [0.717, 1.165) is 0 Å². The number of anilines is 1. The zero-order chi connectivity index (χ0) is 26.3. The van der Waals surface area contributed by atoms with Crippen LogP contribution in [0.5, 0.6) is 0 Å². The van der Waals surface area contributed by atoms with Crippen LogP contribution in [-0.2, 0) is 5.72 Å². The second kappa shape index (κ2) is 9.29. The maximum absolute atomic E-state index is 12.7. The van der Waals surface area contributed by atoms with Crippen LogP contribution in [-0.4, -0.2) is 20.8 Å². The number of nitro benzene ring substituents is 2. The number of para-hydroxylation sites is 2. The van der Waals surface area contributed by atoms with Crippen molar-refractivity contribution in [3.8, 4) is 0 Å². The monoisotopic (exact) mass is 534 g/mol. The van der Waals surface area contributed by atoms with Crippen LogP contribution in [0.1, 0.15) is 16.7 Å². The molecule has 1 aliphatic heterocycles. The number of amidine groups is 1. The molecule has 0 aliphatic carbocycles. The molecule has 11 heteroatoms. The van der Waals surface area contributed by atoms with Gasteiger partial charge < -0.3 is 5.11 Å². The highest BCUT2D eigenvalue weighted by molar-refractivity contribution is 6.35. The van der Waals surface area contributed by atoms with Gasteiger partial charge in [-0.15, -0.1) is 0 Å².